The Morgan fingerprint density at radius 2 is 2.14 bits per heavy atom. The third-order valence-electron chi connectivity index (χ3n) is 2.21. The average Bonchev–Trinajstić information content (AvgIpc) is 2.58. The predicted molar refractivity (Wildman–Crippen MR) is 58.5 cm³/mol. The van der Waals surface area contributed by atoms with E-state index >= 15 is 0 Å². The zero-order chi connectivity index (χ0) is 10.1. The van der Waals surface area contributed by atoms with Crippen LogP contribution in [-0.2, 0) is 0 Å². The van der Waals surface area contributed by atoms with Gasteiger partial charge in [-0.1, -0.05) is 11.3 Å². The molecule has 0 bridgehead atoms. The maximum atomic E-state index is 10.7. The summed E-state index contributed by atoms with van der Waals surface area (Å²) in [7, 11) is 1.65. The second-order valence-electron chi connectivity index (χ2n) is 3.13. The number of aldehydes is 1. The summed E-state index contributed by atoms with van der Waals surface area (Å²) in [4.78, 5) is 10.7. The van der Waals surface area contributed by atoms with Crippen LogP contribution < -0.4 is 4.74 Å². The van der Waals surface area contributed by atoms with Gasteiger partial charge >= 0.3 is 0 Å². The molecule has 0 unspecified atom stereocenters. The van der Waals surface area contributed by atoms with Crippen LogP contribution in [0.3, 0.4) is 0 Å². The molecule has 14 heavy (non-hydrogen) atoms. The van der Waals surface area contributed by atoms with Gasteiger partial charge in [0.15, 0.2) is 5.06 Å². The van der Waals surface area contributed by atoms with E-state index in [1.807, 2.05) is 25.1 Å². The average molecular weight is 206 g/mol. The van der Waals surface area contributed by atoms with Gasteiger partial charge in [-0.15, -0.1) is 0 Å². The Bertz CT molecular complexity index is 485. The topological polar surface area (TPSA) is 26.3 Å². The van der Waals surface area contributed by atoms with E-state index in [9.17, 15) is 4.79 Å². The van der Waals surface area contributed by atoms with Gasteiger partial charge in [0.1, 0.15) is 6.29 Å². The first-order valence-corrected chi connectivity index (χ1v) is 5.09. The van der Waals surface area contributed by atoms with E-state index in [1.165, 1.54) is 0 Å². The molecule has 0 amide bonds. The fourth-order valence-corrected chi connectivity index (χ4v) is 2.37. The van der Waals surface area contributed by atoms with Crippen LogP contribution in [0, 0.1) is 6.92 Å². The molecule has 0 aliphatic carbocycles. The standard InChI is InChI=1S/C11H10O2S/c1-7-3-10-8(4-9(7)6-12)5-11(13-2)14-10/h3-6H,1-2H3. The summed E-state index contributed by atoms with van der Waals surface area (Å²) in [5, 5.41) is 1.95. The molecular weight excluding hydrogens is 196 g/mol. The molecule has 0 radical (unpaired) electrons. The predicted octanol–water partition coefficient (Wildman–Crippen LogP) is 3.03. The largest absolute Gasteiger partial charge is 0.487 e. The number of thiophene rings is 1. The monoisotopic (exact) mass is 206 g/mol. The minimum atomic E-state index is 0.748. The van der Waals surface area contributed by atoms with Gasteiger partial charge in [-0.25, -0.2) is 0 Å². The molecule has 0 saturated carbocycles. The van der Waals surface area contributed by atoms with Crippen molar-refractivity contribution in [1.82, 2.24) is 0 Å². The van der Waals surface area contributed by atoms with Gasteiger partial charge < -0.3 is 4.74 Å². The fourth-order valence-electron chi connectivity index (χ4n) is 1.41. The number of carbonyl (C=O) groups is 1. The summed E-state index contributed by atoms with van der Waals surface area (Å²) in [6.45, 7) is 1.94. The Morgan fingerprint density at radius 1 is 1.36 bits per heavy atom. The molecule has 0 N–H and O–H groups in total. The van der Waals surface area contributed by atoms with Crippen molar-refractivity contribution in [1.29, 1.82) is 0 Å². The van der Waals surface area contributed by atoms with Crippen LogP contribution in [0.1, 0.15) is 15.9 Å². The molecule has 0 spiro atoms. The van der Waals surface area contributed by atoms with Gasteiger partial charge in [-0.05, 0) is 36.1 Å². The number of ether oxygens (including phenoxy) is 1. The Labute approximate surface area is 86.1 Å². The van der Waals surface area contributed by atoms with Crippen LogP contribution in [0.4, 0.5) is 0 Å². The van der Waals surface area contributed by atoms with E-state index in [-0.39, 0.29) is 0 Å². The van der Waals surface area contributed by atoms with Crippen molar-refractivity contribution < 1.29 is 9.53 Å². The third-order valence-corrected chi connectivity index (χ3v) is 3.27. The second kappa shape index (κ2) is 3.42. The summed E-state index contributed by atoms with van der Waals surface area (Å²) in [5.41, 5.74) is 1.76. The quantitative estimate of drug-likeness (QED) is 0.706. The Hall–Kier alpha value is -1.35. The molecule has 0 saturated heterocycles. The lowest BCUT2D eigenvalue weighted by Gasteiger charge is -1.96. The fraction of sp³-hybridized carbons (Fsp3) is 0.182. The summed E-state index contributed by atoms with van der Waals surface area (Å²) < 4.78 is 6.30. The minimum absolute atomic E-state index is 0.748. The molecule has 0 aliphatic rings. The SMILES string of the molecule is COc1cc2cc(C=O)c(C)cc2s1. The van der Waals surface area contributed by atoms with Crippen molar-refractivity contribution in [3.63, 3.8) is 0 Å². The maximum absolute atomic E-state index is 10.7. The number of hydrogen-bond donors (Lipinski definition) is 0. The summed E-state index contributed by atoms with van der Waals surface area (Å²) in [6.07, 6.45) is 0.888. The number of hydrogen-bond acceptors (Lipinski definition) is 3. The molecule has 1 heterocycles. The van der Waals surface area contributed by atoms with Crippen LogP contribution in [0.25, 0.3) is 10.1 Å². The van der Waals surface area contributed by atoms with Crippen molar-refractivity contribution in [3.05, 3.63) is 29.3 Å². The Balaban J connectivity index is 2.69. The van der Waals surface area contributed by atoms with Crippen molar-refractivity contribution in [3.8, 4) is 5.06 Å². The number of carbonyl (C=O) groups excluding carboxylic acids is 1. The highest BCUT2D eigenvalue weighted by molar-refractivity contribution is 7.20. The zero-order valence-corrected chi connectivity index (χ0v) is 8.85. The van der Waals surface area contributed by atoms with Gasteiger partial charge in [-0.3, -0.25) is 4.79 Å². The highest BCUT2D eigenvalue weighted by Crippen LogP contribution is 2.32. The van der Waals surface area contributed by atoms with E-state index in [4.69, 9.17) is 4.74 Å². The van der Waals surface area contributed by atoms with E-state index in [2.05, 4.69) is 0 Å². The van der Waals surface area contributed by atoms with Crippen LogP contribution in [-0.4, -0.2) is 13.4 Å². The molecule has 2 aromatic rings. The minimum Gasteiger partial charge on any atom is -0.487 e. The highest BCUT2D eigenvalue weighted by Gasteiger charge is 2.05. The first-order chi connectivity index (χ1) is 6.74. The normalized spacial score (nSPS) is 10.4. The number of aryl methyl sites for hydroxylation is 1. The summed E-state index contributed by atoms with van der Waals surface area (Å²) >= 11 is 1.59. The number of rotatable bonds is 2. The van der Waals surface area contributed by atoms with E-state index in [0.29, 0.717) is 0 Å². The molecule has 2 rings (SSSR count). The molecule has 72 valence electrons. The number of benzene rings is 1. The molecule has 1 aromatic carbocycles. The molecule has 0 fully saturated rings. The van der Waals surface area contributed by atoms with E-state index < -0.39 is 0 Å². The first kappa shape index (κ1) is 9.21. The van der Waals surface area contributed by atoms with Crippen molar-refractivity contribution in [2.75, 3.05) is 7.11 Å². The lowest BCUT2D eigenvalue weighted by Crippen LogP contribution is -1.83. The van der Waals surface area contributed by atoms with E-state index in [0.717, 1.165) is 32.6 Å². The van der Waals surface area contributed by atoms with Crippen LogP contribution >= 0.6 is 11.3 Å². The smallest absolute Gasteiger partial charge is 0.174 e. The van der Waals surface area contributed by atoms with Crippen LogP contribution in [0.15, 0.2) is 18.2 Å². The molecule has 3 heteroatoms. The van der Waals surface area contributed by atoms with Gasteiger partial charge in [0.25, 0.3) is 0 Å². The molecule has 0 aliphatic heterocycles. The number of fused-ring (bicyclic) bond motifs is 1. The summed E-state index contributed by atoms with van der Waals surface area (Å²) in [5.74, 6) is 0. The Morgan fingerprint density at radius 3 is 2.79 bits per heavy atom. The van der Waals surface area contributed by atoms with Crippen molar-refractivity contribution in [2.45, 2.75) is 6.92 Å². The van der Waals surface area contributed by atoms with Crippen molar-refractivity contribution in [2.24, 2.45) is 0 Å². The summed E-state index contributed by atoms with van der Waals surface area (Å²) in [6, 6.07) is 5.87. The van der Waals surface area contributed by atoms with Crippen LogP contribution in [0.2, 0.25) is 0 Å². The Kier molecular flexibility index (Phi) is 2.25. The maximum Gasteiger partial charge on any atom is 0.174 e. The first-order valence-electron chi connectivity index (χ1n) is 4.28. The van der Waals surface area contributed by atoms with Crippen molar-refractivity contribution >= 4 is 27.7 Å². The molecule has 0 atom stereocenters. The lowest BCUT2D eigenvalue weighted by atomic mass is 10.1. The highest BCUT2D eigenvalue weighted by atomic mass is 32.1. The lowest BCUT2D eigenvalue weighted by molar-refractivity contribution is 0.112. The second-order valence-corrected chi connectivity index (χ2v) is 4.18. The zero-order valence-electron chi connectivity index (χ0n) is 8.03. The van der Waals surface area contributed by atoms with E-state index in [1.54, 1.807) is 18.4 Å². The molecular formula is C11H10O2S. The molecule has 1 aromatic heterocycles. The van der Waals surface area contributed by atoms with Crippen LogP contribution in [0.5, 0.6) is 5.06 Å². The number of methoxy groups -OCH3 is 1. The third kappa shape index (κ3) is 1.40. The van der Waals surface area contributed by atoms with Gasteiger partial charge in [0.05, 0.1) is 7.11 Å². The van der Waals surface area contributed by atoms with Gasteiger partial charge in [0, 0.05) is 10.3 Å². The van der Waals surface area contributed by atoms with Gasteiger partial charge in [0.2, 0.25) is 0 Å². The molecule has 2 nitrogen and oxygen atoms in total. The van der Waals surface area contributed by atoms with Gasteiger partial charge in [-0.2, -0.15) is 0 Å².